The summed E-state index contributed by atoms with van der Waals surface area (Å²) in [6, 6.07) is 6.98. The van der Waals surface area contributed by atoms with Crippen LogP contribution in [0.15, 0.2) is 41.6 Å². The van der Waals surface area contributed by atoms with Crippen molar-refractivity contribution in [2.45, 2.75) is 17.7 Å². The first-order valence-electron chi connectivity index (χ1n) is 9.86. The molecule has 1 aromatic carbocycles. The van der Waals surface area contributed by atoms with E-state index in [0.29, 0.717) is 33.4 Å². The molecule has 0 spiro atoms. The number of carbonyl (C=O) groups excluding carboxylic acids is 2. The van der Waals surface area contributed by atoms with Crippen molar-refractivity contribution in [3.05, 3.63) is 42.4 Å². The molecule has 1 aliphatic carbocycles. The highest BCUT2D eigenvalue weighted by Gasteiger charge is 2.30. The van der Waals surface area contributed by atoms with Crippen molar-refractivity contribution in [1.29, 1.82) is 0 Å². The van der Waals surface area contributed by atoms with Crippen LogP contribution in [0.1, 0.15) is 23.3 Å². The summed E-state index contributed by atoms with van der Waals surface area (Å²) in [6.07, 6.45) is 4.91. The van der Waals surface area contributed by atoms with Crippen molar-refractivity contribution in [2.75, 3.05) is 24.8 Å². The number of nitrogens with one attached hydrogen (secondary N) is 3. The Bertz CT molecular complexity index is 1170. The van der Waals surface area contributed by atoms with Gasteiger partial charge in [0.2, 0.25) is 5.91 Å². The maximum absolute atomic E-state index is 12.4. The minimum Gasteiger partial charge on any atom is -0.494 e. The molecule has 0 bridgehead atoms. The number of hydrogen-bond acceptors (Lipinski definition) is 9. The van der Waals surface area contributed by atoms with Crippen LogP contribution in [-0.2, 0) is 4.79 Å². The van der Waals surface area contributed by atoms with Crippen LogP contribution in [0, 0.1) is 5.92 Å². The molecule has 0 radical (unpaired) electrons. The number of para-hydroxylation sites is 1. The number of thiol groups is 1. The molecule has 11 heteroatoms. The van der Waals surface area contributed by atoms with E-state index < -0.39 is 5.91 Å². The Balaban J connectivity index is 1.71. The van der Waals surface area contributed by atoms with Gasteiger partial charge in [-0.25, -0.2) is 9.97 Å². The zero-order chi connectivity index (χ0) is 22.7. The van der Waals surface area contributed by atoms with Crippen molar-refractivity contribution in [3.63, 3.8) is 0 Å². The number of anilines is 3. The molecule has 32 heavy (non-hydrogen) atoms. The highest BCUT2D eigenvalue weighted by atomic mass is 32.1. The van der Waals surface area contributed by atoms with Gasteiger partial charge in [0.25, 0.3) is 5.91 Å². The summed E-state index contributed by atoms with van der Waals surface area (Å²) < 4.78 is 5.63. The molecule has 1 aliphatic rings. The van der Waals surface area contributed by atoms with Crippen LogP contribution in [0.3, 0.4) is 0 Å². The first-order valence-corrected chi connectivity index (χ1v) is 10.3. The highest BCUT2D eigenvalue weighted by Crippen LogP contribution is 2.37. The Morgan fingerprint density at radius 2 is 1.88 bits per heavy atom. The lowest BCUT2D eigenvalue weighted by molar-refractivity contribution is -0.117. The van der Waals surface area contributed by atoms with Crippen LogP contribution in [0.25, 0.3) is 11.4 Å². The van der Waals surface area contributed by atoms with Gasteiger partial charge in [0.05, 0.1) is 24.0 Å². The summed E-state index contributed by atoms with van der Waals surface area (Å²) in [7, 11) is 3.03. The molecule has 164 valence electrons. The second kappa shape index (κ2) is 9.18. The minimum atomic E-state index is -0.428. The Kier molecular flexibility index (Phi) is 6.17. The molecule has 0 aliphatic heterocycles. The first kappa shape index (κ1) is 21.5. The van der Waals surface area contributed by atoms with Gasteiger partial charge in [0, 0.05) is 36.3 Å². The fraction of sp³-hybridized carbons (Fsp3) is 0.238. The second-order valence-electron chi connectivity index (χ2n) is 7.11. The third-order valence-electron chi connectivity index (χ3n) is 4.80. The average molecular weight is 452 g/mol. The van der Waals surface area contributed by atoms with Crippen LogP contribution in [-0.4, -0.2) is 46.1 Å². The number of amides is 2. The van der Waals surface area contributed by atoms with Crippen molar-refractivity contribution in [3.8, 4) is 17.1 Å². The molecule has 0 atom stereocenters. The fourth-order valence-electron chi connectivity index (χ4n) is 3.04. The lowest BCUT2D eigenvalue weighted by Crippen LogP contribution is -2.22. The van der Waals surface area contributed by atoms with Gasteiger partial charge in [0.15, 0.2) is 23.1 Å². The van der Waals surface area contributed by atoms with Crippen molar-refractivity contribution >= 4 is 41.6 Å². The molecule has 2 aromatic heterocycles. The monoisotopic (exact) mass is 451 g/mol. The van der Waals surface area contributed by atoms with E-state index in [2.05, 4.69) is 48.7 Å². The third kappa shape index (κ3) is 4.62. The van der Waals surface area contributed by atoms with Crippen LogP contribution in [0.4, 0.5) is 17.2 Å². The minimum absolute atomic E-state index is 0.00671. The standard InChI is InChI=1S/C21H21N7O3S/c1-22-21(30)17-15(8-16(27-28-17)26-20(29)11-6-7-11)25-14-5-3-4-13(18(14)31-2)19-23-9-12(32)10-24-19/h3-5,8-11,32H,6-7H2,1-2H3,(H,22,30)(H2,25,26,27,29). The molecular formula is C21H21N7O3S. The largest absolute Gasteiger partial charge is 0.494 e. The number of aromatic nitrogens is 4. The molecule has 3 N–H and O–H groups in total. The number of hydrogen-bond donors (Lipinski definition) is 4. The van der Waals surface area contributed by atoms with Crippen LogP contribution >= 0.6 is 12.6 Å². The third-order valence-corrected chi connectivity index (χ3v) is 5.03. The van der Waals surface area contributed by atoms with Gasteiger partial charge >= 0.3 is 0 Å². The topological polar surface area (TPSA) is 131 Å². The average Bonchev–Trinajstić information content (AvgIpc) is 3.65. The van der Waals surface area contributed by atoms with Crippen molar-refractivity contribution in [1.82, 2.24) is 25.5 Å². The Morgan fingerprint density at radius 3 is 2.53 bits per heavy atom. The van der Waals surface area contributed by atoms with Crippen LogP contribution in [0.5, 0.6) is 5.75 Å². The summed E-state index contributed by atoms with van der Waals surface area (Å²) in [5, 5.41) is 16.4. The molecular weight excluding hydrogens is 430 g/mol. The van der Waals surface area contributed by atoms with Gasteiger partial charge < -0.3 is 20.7 Å². The van der Waals surface area contributed by atoms with Crippen molar-refractivity contribution in [2.24, 2.45) is 5.92 Å². The van der Waals surface area contributed by atoms with Crippen molar-refractivity contribution < 1.29 is 14.3 Å². The summed E-state index contributed by atoms with van der Waals surface area (Å²) in [5.41, 5.74) is 1.63. The summed E-state index contributed by atoms with van der Waals surface area (Å²) in [6.45, 7) is 0. The quantitative estimate of drug-likeness (QED) is 0.403. The lowest BCUT2D eigenvalue weighted by atomic mass is 10.1. The van der Waals surface area contributed by atoms with E-state index in [1.54, 1.807) is 24.5 Å². The fourth-order valence-corrected chi connectivity index (χ4v) is 3.16. The summed E-state index contributed by atoms with van der Waals surface area (Å²) >= 11 is 4.22. The molecule has 4 rings (SSSR count). The van der Waals surface area contributed by atoms with Gasteiger partial charge in [-0.3, -0.25) is 9.59 Å². The van der Waals surface area contributed by atoms with E-state index in [0.717, 1.165) is 12.8 Å². The SMILES string of the molecule is CNC(=O)c1nnc(NC(=O)C2CC2)cc1Nc1cccc(-c2ncc(S)cn2)c1OC. The Hall–Kier alpha value is -3.73. The number of ether oxygens (including phenoxy) is 1. The Morgan fingerprint density at radius 1 is 1.12 bits per heavy atom. The molecule has 10 nitrogen and oxygen atoms in total. The van der Waals surface area contributed by atoms with E-state index >= 15 is 0 Å². The molecule has 0 saturated heterocycles. The van der Waals surface area contributed by atoms with E-state index in [1.807, 2.05) is 12.1 Å². The summed E-state index contributed by atoms with van der Waals surface area (Å²) in [5.74, 6) is 0.653. The Labute approximate surface area is 189 Å². The maximum Gasteiger partial charge on any atom is 0.273 e. The molecule has 2 heterocycles. The molecule has 1 saturated carbocycles. The normalized spacial score (nSPS) is 12.7. The summed E-state index contributed by atoms with van der Waals surface area (Å²) in [4.78, 5) is 33.7. The molecule has 2 amide bonds. The molecule has 1 fully saturated rings. The van der Waals surface area contributed by atoms with Crippen LogP contribution < -0.4 is 20.7 Å². The van der Waals surface area contributed by atoms with E-state index in [9.17, 15) is 9.59 Å². The van der Waals surface area contributed by atoms with Gasteiger partial charge in [-0.2, -0.15) is 0 Å². The first-order chi connectivity index (χ1) is 15.5. The molecule has 3 aromatic rings. The molecule has 0 unspecified atom stereocenters. The zero-order valence-corrected chi connectivity index (χ0v) is 18.3. The van der Waals surface area contributed by atoms with Gasteiger partial charge in [-0.15, -0.1) is 22.8 Å². The van der Waals surface area contributed by atoms with E-state index in [-0.39, 0.29) is 23.3 Å². The number of nitrogens with zero attached hydrogens (tertiary/aromatic N) is 4. The van der Waals surface area contributed by atoms with E-state index in [4.69, 9.17) is 4.74 Å². The predicted octanol–water partition coefficient (Wildman–Crippen LogP) is 2.68. The number of rotatable bonds is 7. The van der Waals surface area contributed by atoms with E-state index in [1.165, 1.54) is 14.2 Å². The second-order valence-corrected chi connectivity index (χ2v) is 7.63. The highest BCUT2D eigenvalue weighted by molar-refractivity contribution is 7.80. The van der Waals surface area contributed by atoms with Gasteiger partial charge in [-0.05, 0) is 25.0 Å². The van der Waals surface area contributed by atoms with Gasteiger partial charge in [0.1, 0.15) is 0 Å². The zero-order valence-electron chi connectivity index (χ0n) is 17.4. The maximum atomic E-state index is 12.4. The number of carbonyl (C=O) groups is 2. The smallest absolute Gasteiger partial charge is 0.273 e. The number of benzene rings is 1. The lowest BCUT2D eigenvalue weighted by Gasteiger charge is -2.16. The predicted molar refractivity (Wildman–Crippen MR) is 121 cm³/mol. The number of methoxy groups -OCH3 is 1. The van der Waals surface area contributed by atoms with Gasteiger partial charge in [-0.1, -0.05) is 6.07 Å². The van der Waals surface area contributed by atoms with Crippen LogP contribution in [0.2, 0.25) is 0 Å².